The number of hydrogen-bond donors (Lipinski definition) is 1. The van der Waals surface area contributed by atoms with Crippen LogP contribution in [-0.4, -0.2) is 28.0 Å². The zero-order chi connectivity index (χ0) is 18.8. The van der Waals surface area contributed by atoms with E-state index in [1.807, 2.05) is 19.1 Å². The summed E-state index contributed by atoms with van der Waals surface area (Å²) >= 11 is 0. The molecular formula is C19H19FN4O2. The fourth-order valence-electron chi connectivity index (χ4n) is 2.73. The number of amides is 1. The molecule has 0 unspecified atom stereocenters. The molecule has 0 spiro atoms. The molecular weight excluding hydrogens is 335 g/mol. The number of rotatable bonds is 4. The maximum Gasteiger partial charge on any atom is 0.278 e. The number of nitrogens with zero attached hydrogens (tertiary/aromatic N) is 3. The van der Waals surface area contributed by atoms with Gasteiger partial charge in [0.15, 0.2) is 5.69 Å². The van der Waals surface area contributed by atoms with Crippen LogP contribution < -0.4 is 10.1 Å². The van der Waals surface area contributed by atoms with Gasteiger partial charge in [0, 0.05) is 0 Å². The van der Waals surface area contributed by atoms with Crippen LogP contribution in [0, 0.1) is 26.6 Å². The molecule has 0 radical (unpaired) electrons. The van der Waals surface area contributed by atoms with Gasteiger partial charge in [0.05, 0.1) is 24.2 Å². The Balaban J connectivity index is 1.93. The van der Waals surface area contributed by atoms with Crippen molar-refractivity contribution in [1.29, 1.82) is 0 Å². The van der Waals surface area contributed by atoms with Crippen molar-refractivity contribution >= 4 is 11.6 Å². The summed E-state index contributed by atoms with van der Waals surface area (Å²) in [5.74, 6) is -0.158. The Morgan fingerprint density at radius 1 is 1.15 bits per heavy atom. The maximum atomic E-state index is 13.3. The first kappa shape index (κ1) is 17.6. The van der Waals surface area contributed by atoms with Gasteiger partial charge in [-0.15, -0.1) is 5.10 Å². The molecule has 2 aromatic carbocycles. The van der Waals surface area contributed by atoms with Gasteiger partial charge in [0.1, 0.15) is 11.6 Å². The number of carbonyl (C=O) groups excluding carboxylic acids is 1. The van der Waals surface area contributed by atoms with Crippen molar-refractivity contribution in [3.8, 4) is 11.4 Å². The molecule has 0 saturated heterocycles. The van der Waals surface area contributed by atoms with Crippen LogP contribution in [0.2, 0.25) is 0 Å². The Bertz CT molecular complexity index is 982. The second kappa shape index (κ2) is 6.95. The van der Waals surface area contributed by atoms with E-state index in [4.69, 9.17) is 4.74 Å². The first-order valence-electron chi connectivity index (χ1n) is 8.05. The summed E-state index contributed by atoms with van der Waals surface area (Å²) in [4.78, 5) is 12.7. The van der Waals surface area contributed by atoms with Crippen LogP contribution in [0.5, 0.6) is 5.75 Å². The molecule has 1 heterocycles. The van der Waals surface area contributed by atoms with Crippen molar-refractivity contribution in [2.45, 2.75) is 20.8 Å². The number of anilines is 1. The number of ether oxygens (including phenoxy) is 1. The molecule has 1 aromatic heterocycles. The Morgan fingerprint density at radius 2 is 1.92 bits per heavy atom. The molecule has 0 aliphatic rings. The predicted octanol–water partition coefficient (Wildman–Crippen LogP) is 3.59. The molecule has 0 fully saturated rings. The monoisotopic (exact) mass is 354 g/mol. The fourth-order valence-corrected chi connectivity index (χ4v) is 2.73. The summed E-state index contributed by atoms with van der Waals surface area (Å²) < 4.78 is 20.1. The minimum atomic E-state index is -0.391. The summed E-state index contributed by atoms with van der Waals surface area (Å²) in [6.45, 7) is 5.44. The Morgan fingerprint density at radius 3 is 2.62 bits per heavy atom. The quantitative estimate of drug-likeness (QED) is 0.777. The van der Waals surface area contributed by atoms with Crippen LogP contribution in [-0.2, 0) is 0 Å². The lowest BCUT2D eigenvalue weighted by Crippen LogP contribution is -2.15. The van der Waals surface area contributed by atoms with Crippen LogP contribution in [0.25, 0.3) is 5.69 Å². The highest BCUT2D eigenvalue weighted by Gasteiger charge is 2.19. The second-order valence-electron chi connectivity index (χ2n) is 6.02. The normalized spacial score (nSPS) is 10.7. The minimum Gasteiger partial charge on any atom is -0.495 e. The third-order valence-electron chi connectivity index (χ3n) is 4.10. The van der Waals surface area contributed by atoms with Gasteiger partial charge in [-0.05, 0) is 62.2 Å². The Hall–Kier alpha value is -3.22. The van der Waals surface area contributed by atoms with Crippen molar-refractivity contribution in [1.82, 2.24) is 15.0 Å². The Labute approximate surface area is 150 Å². The van der Waals surface area contributed by atoms with Crippen LogP contribution in [0.4, 0.5) is 10.1 Å². The molecule has 1 N–H and O–H groups in total. The van der Waals surface area contributed by atoms with Crippen LogP contribution in [0.15, 0.2) is 36.4 Å². The standard InChI is InChI=1S/C19H19FN4O2/c1-11-5-8-17(26-4)15(9-11)21-19(25)18-13(3)24(23-22-18)16-7-6-14(20)10-12(16)2/h5-10H,1-4H3,(H,21,25). The lowest BCUT2D eigenvalue weighted by atomic mass is 10.2. The van der Waals surface area contributed by atoms with Crippen molar-refractivity contribution in [3.63, 3.8) is 0 Å². The van der Waals surface area contributed by atoms with E-state index in [2.05, 4.69) is 15.6 Å². The number of aromatic nitrogens is 3. The number of benzene rings is 2. The van der Waals surface area contributed by atoms with Crippen LogP contribution in [0.1, 0.15) is 27.3 Å². The highest BCUT2D eigenvalue weighted by Crippen LogP contribution is 2.26. The molecule has 6 nitrogen and oxygen atoms in total. The fraction of sp³-hybridized carbons (Fsp3) is 0.211. The zero-order valence-corrected chi connectivity index (χ0v) is 15.0. The molecule has 3 aromatic rings. The lowest BCUT2D eigenvalue weighted by molar-refractivity contribution is 0.102. The molecule has 0 atom stereocenters. The average Bonchev–Trinajstić information content (AvgIpc) is 2.96. The van der Waals surface area contributed by atoms with Gasteiger partial charge in [-0.1, -0.05) is 11.3 Å². The number of hydrogen-bond acceptors (Lipinski definition) is 4. The zero-order valence-electron chi connectivity index (χ0n) is 15.0. The summed E-state index contributed by atoms with van der Waals surface area (Å²) in [6, 6.07) is 9.87. The molecule has 0 saturated carbocycles. The van der Waals surface area contributed by atoms with Crippen molar-refractivity contribution < 1.29 is 13.9 Å². The molecule has 0 aliphatic carbocycles. The minimum absolute atomic E-state index is 0.192. The predicted molar refractivity (Wildman–Crippen MR) is 96.5 cm³/mol. The summed E-state index contributed by atoms with van der Waals surface area (Å²) in [5, 5.41) is 10.9. The number of nitrogens with one attached hydrogen (secondary N) is 1. The van der Waals surface area contributed by atoms with Gasteiger partial charge in [-0.3, -0.25) is 4.79 Å². The molecule has 1 amide bonds. The second-order valence-corrected chi connectivity index (χ2v) is 6.02. The number of methoxy groups -OCH3 is 1. The average molecular weight is 354 g/mol. The first-order valence-corrected chi connectivity index (χ1v) is 8.05. The van der Waals surface area contributed by atoms with E-state index in [1.165, 1.54) is 16.8 Å². The molecule has 0 aliphatic heterocycles. The molecule has 0 bridgehead atoms. The third kappa shape index (κ3) is 3.28. The first-order chi connectivity index (χ1) is 12.4. The third-order valence-corrected chi connectivity index (χ3v) is 4.10. The van der Waals surface area contributed by atoms with E-state index in [9.17, 15) is 9.18 Å². The highest BCUT2D eigenvalue weighted by molar-refractivity contribution is 6.04. The van der Waals surface area contributed by atoms with E-state index in [1.54, 1.807) is 33.1 Å². The van der Waals surface area contributed by atoms with E-state index in [-0.39, 0.29) is 11.5 Å². The van der Waals surface area contributed by atoms with E-state index in [0.717, 1.165) is 5.56 Å². The van der Waals surface area contributed by atoms with E-state index >= 15 is 0 Å². The van der Waals surface area contributed by atoms with Crippen LogP contribution in [0.3, 0.4) is 0 Å². The van der Waals surface area contributed by atoms with Crippen molar-refractivity contribution in [2.24, 2.45) is 0 Å². The maximum absolute atomic E-state index is 13.3. The lowest BCUT2D eigenvalue weighted by Gasteiger charge is -2.11. The van der Waals surface area contributed by atoms with E-state index < -0.39 is 5.91 Å². The summed E-state index contributed by atoms with van der Waals surface area (Å²) in [7, 11) is 1.54. The van der Waals surface area contributed by atoms with Crippen molar-refractivity contribution in [3.05, 3.63) is 64.7 Å². The smallest absolute Gasteiger partial charge is 0.278 e. The topological polar surface area (TPSA) is 69.0 Å². The highest BCUT2D eigenvalue weighted by atomic mass is 19.1. The van der Waals surface area contributed by atoms with Gasteiger partial charge in [0.25, 0.3) is 5.91 Å². The van der Waals surface area contributed by atoms with Gasteiger partial charge < -0.3 is 10.1 Å². The van der Waals surface area contributed by atoms with Gasteiger partial charge in [0.2, 0.25) is 0 Å². The van der Waals surface area contributed by atoms with E-state index in [0.29, 0.717) is 28.4 Å². The largest absolute Gasteiger partial charge is 0.495 e. The van der Waals surface area contributed by atoms with Crippen LogP contribution >= 0.6 is 0 Å². The molecule has 3 rings (SSSR count). The summed E-state index contributed by atoms with van der Waals surface area (Å²) in [6.07, 6.45) is 0. The molecule has 26 heavy (non-hydrogen) atoms. The number of carbonyl (C=O) groups is 1. The number of halogens is 1. The van der Waals surface area contributed by atoms with Crippen molar-refractivity contribution in [2.75, 3.05) is 12.4 Å². The number of aryl methyl sites for hydroxylation is 2. The Kier molecular flexibility index (Phi) is 4.71. The molecule has 7 heteroatoms. The van der Waals surface area contributed by atoms with Gasteiger partial charge in [-0.25, -0.2) is 9.07 Å². The van der Waals surface area contributed by atoms with Gasteiger partial charge >= 0.3 is 0 Å². The van der Waals surface area contributed by atoms with Gasteiger partial charge in [-0.2, -0.15) is 0 Å². The SMILES string of the molecule is COc1ccc(C)cc1NC(=O)c1nnn(-c2ccc(F)cc2C)c1C. The molecule has 134 valence electrons. The summed E-state index contributed by atoms with van der Waals surface area (Å²) in [5.41, 5.74) is 3.67.